The fraction of sp³-hybridized carbons (Fsp3) is 0.417. The molecule has 0 aliphatic heterocycles. The van der Waals surface area contributed by atoms with Crippen LogP contribution in [0.3, 0.4) is 0 Å². The number of likely N-dealkylation sites (N-methyl/N-ethyl adjacent to an activating group) is 1. The zero-order valence-electron chi connectivity index (χ0n) is 10.4. The Kier molecular flexibility index (Phi) is 3.49. The fourth-order valence-electron chi connectivity index (χ4n) is 1.85. The van der Waals surface area contributed by atoms with Gasteiger partial charge in [-0.15, -0.1) is 0 Å². The summed E-state index contributed by atoms with van der Waals surface area (Å²) in [5.41, 5.74) is 2.06. The molecule has 2 rings (SSSR count). The van der Waals surface area contributed by atoms with E-state index < -0.39 is 0 Å². The summed E-state index contributed by atoms with van der Waals surface area (Å²) in [5.74, 6) is 0.831. The van der Waals surface area contributed by atoms with E-state index >= 15 is 0 Å². The van der Waals surface area contributed by atoms with E-state index in [1.807, 2.05) is 12.1 Å². The minimum Gasteiger partial charge on any atom is -0.494 e. The van der Waals surface area contributed by atoms with Crippen molar-refractivity contribution >= 4 is 23.3 Å². The number of ether oxygens (including phenoxy) is 1. The van der Waals surface area contributed by atoms with Gasteiger partial charge in [-0.2, -0.15) is 0 Å². The number of rotatable bonds is 4. The Hall–Kier alpha value is -1.33. The van der Waals surface area contributed by atoms with E-state index in [-0.39, 0.29) is 0 Å². The third-order valence-corrected chi connectivity index (χ3v) is 3.09. The summed E-state index contributed by atoms with van der Waals surface area (Å²) in [6.45, 7) is 1.83. The van der Waals surface area contributed by atoms with Gasteiger partial charge in [-0.1, -0.05) is 6.07 Å². The Labute approximate surface area is 106 Å². The van der Waals surface area contributed by atoms with Gasteiger partial charge in [0.1, 0.15) is 11.3 Å². The van der Waals surface area contributed by atoms with Crippen molar-refractivity contribution in [2.75, 3.05) is 27.7 Å². The molecule has 0 saturated heterocycles. The summed E-state index contributed by atoms with van der Waals surface area (Å²) >= 11 is 5.35. The van der Waals surface area contributed by atoms with Crippen molar-refractivity contribution in [3.63, 3.8) is 0 Å². The minimum atomic E-state index is 0.742. The van der Waals surface area contributed by atoms with E-state index in [0.717, 1.165) is 34.6 Å². The summed E-state index contributed by atoms with van der Waals surface area (Å²) in [6, 6.07) is 5.97. The predicted molar refractivity (Wildman–Crippen MR) is 72.2 cm³/mol. The highest BCUT2D eigenvalue weighted by Crippen LogP contribution is 2.24. The zero-order chi connectivity index (χ0) is 12.4. The molecule has 0 aliphatic rings. The van der Waals surface area contributed by atoms with Gasteiger partial charge in [0.05, 0.1) is 12.6 Å². The SMILES string of the molecule is COc1cccc2c1[nH]c(=S)n2CCN(C)C. The van der Waals surface area contributed by atoms with Gasteiger partial charge in [-0.05, 0) is 38.4 Å². The fourth-order valence-corrected chi connectivity index (χ4v) is 2.14. The lowest BCUT2D eigenvalue weighted by molar-refractivity contribution is 0.385. The van der Waals surface area contributed by atoms with Gasteiger partial charge in [-0.25, -0.2) is 0 Å². The summed E-state index contributed by atoms with van der Waals surface area (Å²) in [4.78, 5) is 5.34. The molecule has 2 aromatic rings. The van der Waals surface area contributed by atoms with E-state index in [4.69, 9.17) is 17.0 Å². The molecule has 1 heterocycles. The van der Waals surface area contributed by atoms with Gasteiger partial charge in [-0.3, -0.25) is 0 Å². The molecule has 17 heavy (non-hydrogen) atoms. The topological polar surface area (TPSA) is 33.2 Å². The van der Waals surface area contributed by atoms with Gasteiger partial charge < -0.3 is 19.2 Å². The average Bonchev–Trinajstić information content (AvgIpc) is 2.62. The number of aromatic amines is 1. The highest BCUT2D eigenvalue weighted by Gasteiger charge is 2.08. The van der Waals surface area contributed by atoms with Crippen LogP contribution in [0.25, 0.3) is 11.0 Å². The quantitative estimate of drug-likeness (QED) is 0.846. The van der Waals surface area contributed by atoms with Crippen LogP contribution in [-0.2, 0) is 6.54 Å². The lowest BCUT2D eigenvalue weighted by atomic mass is 10.3. The first kappa shape index (κ1) is 12.1. The number of benzene rings is 1. The van der Waals surface area contributed by atoms with Crippen molar-refractivity contribution in [1.82, 2.24) is 14.5 Å². The molecule has 0 fully saturated rings. The van der Waals surface area contributed by atoms with Crippen LogP contribution in [0, 0.1) is 4.77 Å². The van der Waals surface area contributed by atoms with Gasteiger partial charge >= 0.3 is 0 Å². The highest BCUT2D eigenvalue weighted by molar-refractivity contribution is 7.71. The maximum Gasteiger partial charge on any atom is 0.178 e. The van der Waals surface area contributed by atoms with Crippen molar-refractivity contribution in [1.29, 1.82) is 0 Å². The third-order valence-electron chi connectivity index (χ3n) is 2.76. The second-order valence-electron chi connectivity index (χ2n) is 4.24. The number of aromatic nitrogens is 2. The van der Waals surface area contributed by atoms with Crippen LogP contribution in [0.15, 0.2) is 18.2 Å². The predicted octanol–water partition coefficient (Wildman–Crippen LogP) is 2.27. The molecule has 0 amide bonds. The number of para-hydroxylation sites is 1. The zero-order valence-corrected chi connectivity index (χ0v) is 11.2. The first-order valence-corrected chi connectivity index (χ1v) is 5.94. The van der Waals surface area contributed by atoms with Gasteiger partial charge in [0.15, 0.2) is 4.77 Å². The van der Waals surface area contributed by atoms with Crippen LogP contribution in [0.2, 0.25) is 0 Å². The summed E-state index contributed by atoms with van der Waals surface area (Å²) in [5, 5.41) is 0. The largest absolute Gasteiger partial charge is 0.494 e. The Morgan fingerprint density at radius 2 is 2.18 bits per heavy atom. The van der Waals surface area contributed by atoms with E-state index in [0.29, 0.717) is 0 Å². The summed E-state index contributed by atoms with van der Waals surface area (Å²) in [7, 11) is 5.78. The number of hydrogen-bond donors (Lipinski definition) is 1. The minimum absolute atomic E-state index is 0.742. The van der Waals surface area contributed by atoms with Crippen LogP contribution in [0.1, 0.15) is 0 Å². The van der Waals surface area contributed by atoms with E-state index in [9.17, 15) is 0 Å². The van der Waals surface area contributed by atoms with Crippen LogP contribution in [-0.4, -0.2) is 42.2 Å². The smallest absolute Gasteiger partial charge is 0.178 e. The number of nitrogens with one attached hydrogen (secondary N) is 1. The number of fused-ring (bicyclic) bond motifs is 1. The number of imidazole rings is 1. The van der Waals surface area contributed by atoms with E-state index in [1.54, 1.807) is 7.11 Å². The standard InChI is InChI=1S/C12H17N3OS/c1-14(2)7-8-15-9-5-4-6-10(16-3)11(9)13-12(15)17/h4-6H,7-8H2,1-3H3,(H,13,17). The molecular weight excluding hydrogens is 234 g/mol. The second kappa shape index (κ2) is 4.89. The van der Waals surface area contributed by atoms with Crippen LogP contribution in [0.5, 0.6) is 5.75 Å². The van der Waals surface area contributed by atoms with Crippen LogP contribution >= 0.6 is 12.2 Å². The van der Waals surface area contributed by atoms with Crippen molar-refractivity contribution < 1.29 is 4.74 Å². The Morgan fingerprint density at radius 3 is 2.82 bits per heavy atom. The molecule has 0 radical (unpaired) electrons. The molecule has 0 unspecified atom stereocenters. The maximum absolute atomic E-state index is 5.35. The molecule has 1 N–H and O–H groups in total. The molecule has 92 valence electrons. The van der Waals surface area contributed by atoms with Gasteiger partial charge in [0.25, 0.3) is 0 Å². The lowest BCUT2D eigenvalue weighted by Gasteiger charge is -2.10. The molecular formula is C12H17N3OS. The number of H-pyrrole nitrogens is 1. The third kappa shape index (κ3) is 2.35. The normalized spacial score (nSPS) is 11.3. The Balaban J connectivity index is 2.49. The van der Waals surface area contributed by atoms with E-state index in [1.165, 1.54) is 0 Å². The monoisotopic (exact) mass is 251 g/mol. The Bertz CT molecular complexity index is 571. The van der Waals surface area contributed by atoms with Crippen molar-refractivity contribution in [3.05, 3.63) is 23.0 Å². The van der Waals surface area contributed by atoms with Gasteiger partial charge in [0.2, 0.25) is 0 Å². The molecule has 0 saturated carbocycles. The number of nitrogens with zero attached hydrogens (tertiary/aromatic N) is 2. The molecule has 0 aliphatic carbocycles. The first-order chi connectivity index (χ1) is 8.13. The van der Waals surface area contributed by atoms with Gasteiger partial charge in [0, 0.05) is 13.1 Å². The molecule has 5 heteroatoms. The second-order valence-corrected chi connectivity index (χ2v) is 4.63. The number of methoxy groups -OCH3 is 1. The molecule has 0 spiro atoms. The van der Waals surface area contributed by atoms with Crippen LogP contribution in [0.4, 0.5) is 0 Å². The summed E-state index contributed by atoms with van der Waals surface area (Å²) in [6.07, 6.45) is 0. The Morgan fingerprint density at radius 1 is 1.41 bits per heavy atom. The highest BCUT2D eigenvalue weighted by atomic mass is 32.1. The molecule has 1 aromatic heterocycles. The molecule has 0 bridgehead atoms. The average molecular weight is 251 g/mol. The molecule has 0 atom stereocenters. The number of hydrogen-bond acceptors (Lipinski definition) is 3. The maximum atomic E-state index is 5.35. The van der Waals surface area contributed by atoms with E-state index in [2.05, 4.69) is 34.6 Å². The first-order valence-electron chi connectivity index (χ1n) is 5.53. The van der Waals surface area contributed by atoms with Crippen molar-refractivity contribution in [2.24, 2.45) is 0 Å². The lowest BCUT2D eigenvalue weighted by Crippen LogP contribution is -2.18. The molecule has 4 nitrogen and oxygen atoms in total. The van der Waals surface area contributed by atoms with Crippen molar-refractivity contribution in [2.45, 2.75) is 6.54 Å². The van der Waals surface area contributed by atoms with Crippen LogP contribution < -0.4 is 4.74 Å². The molecule has 1 aromatic carbocycles. The van der Waals surface area contributed by atoms with Crippen molar-refractivity contribution in [3.8, 4) is 5.75 Å². The summed E-state index contributed by atoms with van der Waals surface area (Å²) < 4.78 is 8.17.